The molecule has 1 fully saturated rings. The van der Waals surface area contributed by atoms with Gasteiger partial charge in [-0.15, -0.1) is 0 Å². The molecular formula is C14H15BBrClF2N2O4. The van der Waals surface area contributed by atoms with E-state index in [-0.39, 0.29) is 45.1 Å². The smallest absolute Gasteiger partial charge is 0.387 e. The Morgan fingerprint density at radius 3 is 2.88 bits per heavy atom. The predicted molar refractivity (Wildman–Crippen MR) is 91.5 cm³/mol. The van der Waals surface area contributed by atoms with Gasteiger partial charge in [-0.1, -0.05) is 11.6 Å². The first-order valence-corrected chi connectivity index (χ1v) is 8.79. The molecule has 0 aromatic heterocycles. The van der Waals surface area contributed by atoms with Gasteiger partial charge in [0.2, 0.25) is 0 Å². The summed E-state index contributed by atoms with van der Waals surface area (Å²) in [7, 11) is -0.633. The van der Waals surface area contributed by atoms with E-state index in [1.165, 1.54) is 6.07 Å². The highest BCUT2D eigenvalue weighted by molar-refractivity contribution is 9.10. The Morgan fingerprint density at radius 1 is 1.52 bits per heavy atom. The first kappa shape index (κ1) is 18.7. The first-order valence-electron chi connectivity index (χ1n) is 7.62. The van der Waals surface area contributed by atoms with Crippen molar-refractivity contribution in [2.45, 2.75) is 19.5 Å². The van der Waals surface area contributed by atoms with Crippen molar-refractivity contribution in [1.29, 1.82) is 0 Å². The van der Waals surface area contributed by atoms with E-state index in [1.807, 2.05) is 4.81 Å². The summed E-state index contributed by atoms with van der Waals surface area (Å²) in [6.45, 7) is 0.121. The fourth-order valence-corrected chi connectivity index (χ4v) is 3.67. The Kier molecular flexibility index (Phi) is 5.43. The molecular weight excluding hydrogens is 424 g/mol. The number of rotatable bonds is 3. The van der Waals surface area contributed by atoms with Crippen LogP contribution in [-0.4, -0.2) is 66.6 Å². The van der Waals surface area contributed by atoms with Crippen LogP contribution in [0.4, 0.5) is 8.78 Å². The molecule has 0 unspecified atom stereocenters. The minimum atomic E-state index is -3.05. The van der Waals surface area contributed by atoms with Crippen molar-refractivity contribution in [3.8, 4) is 11.5 Å². The van der Waals surface area contributed by atoms with Crippen LogP contribution in [0.1, 0.15) is 10.4 Å². The number of fused-ring (bicyclic) bond motifs is 2. The molecule has 0 bridgehead atoms. The van der Waals surface area contributed by atoms with Gasteiger partial charge in [-0.05, 0) is 28.8 Å². The van der Waals surface area contributed by atoms with Gasteiger partial charge in [0, 0.05) is 19.6 Å². The summed E-state index contributed by atoms with van der Waals surface area (Å²) >= 11 is 9.30. The van der Waals surface area contributed by atoms with E-state index in [1.54, 1.807) is 11.7 Å². The lowest BCUT2D eigenvalue weighted by Crippen LogP contribution is -2.59. The van der Waals surface area contributed by atoms with Gasteiger partial charge in [0.25, 0.3) is 5.91 Å². The van der Waals surface area contributed by atoms with Crippen molar-refractivity contribution >= 4 is 40.5 Å². The number of carbonyl (C=O) groups is 1. The van der Waals surface area contributed by atoms with Crippen molar-refractivity contribution in [2.24, 2.45) is 0 Å². The van der Waals surface area contributed by atoms with Gasteiger partial charge >= 0.3 is 13.7 Å². The number of benzene rings is 1. The van der Waals surface area contributed by atoms with Crippen molar-refractivity contribution in [1.82, 2.24) is 9.71 Å². The topological polar surface area (TPSA) is 62.2 Å². The molecule has 0 aliphatic carbocycles. The molecule has 0 radical (unpaired) electrons. The number of piperazine rings is 1. The van der Waals surface area contributed by atoms with Crippen LogP contribution in [-0.2, 0) is 0 Å². The van der Waals surface area contributed by atoms with Crippen LogP contribution < -0.4 is 9.47 Å². The maximum atomic E-state index is 12.9. The average molecular weight is 439 g/mol. The second-order valence-electron chi connectivity index (χ2n) is 5.85. The summed E-state index contributed by atoms with van der Waals surface area (Å²) in [5, 5.41) is 9.75. The molecule has 0 spiro atoms. The first-order chi connectivity index (χ1) is 11.8. The molecule has 1 N–H and O–H groups in total. The van der Waals surface area contributed by atoms with E-state index in [9.17, 15) is 18.6 Å². The maximum Gasteiger partial charge on any atom is 0.387 e. The molecule has 1 aromatic rings. The monoisotopic (exact) mass is 438 g/mol. The van der Waals surface area contributed by atoms with Crippen LogP contribution in [0.3, 0.4) is 0 Å². The summed E-state index contributed by atoms with van der Waals surface area (Å²) in [4.78, 5) is 16.3. The molecule has 2 aliphatic rings. The molecule has 136 valence electrons. The fourth-order valence-electron chi connectivity index (χ4n) is 3.03. The standard InChI is InChI=1S/C14H15BBrClF2N2O4/c1-15(23)20-2-3-21-7(5-20)6-24-12-8(13(21)22)4-9(25-14(18)19)10(16)11(12)17/h4,7,14,23H,2-3,5-6H2,1H3/t7-/m1/s1. The van der Waals surface area contributed by atoms with Crippen molar-refractivity contribution < 1.29 is 28.1 Å². The Bertz CT molecular complexity index is 697. The molecule has 1 saturated heterocycles. The van der Waals surface area contributed by atoms with E-state index in [2.05, 4.69) is 20.7 Å². The van der Waals surface area contributed by atoms with E-state index in [4.69, 9.17) is 16.3 Å². The number of amides is 1. The quantitative estimate of drug-likeness (QED) is 0.733. The molecule has 0 saturated carbocycles. The molecule has 1 amide bonds. The molecule has 2 heterocycles. The third-order valence-corrected chi connectivity index (χ3v) is 5.67. The SMILES string of the molecule is CB(O)N1CCN2C(=O)c3cc(OC(F)F)c(Br)c(Cl)c3OC[C@H]2C1. The average Bonchev–Trinajstić information content (AvgIpc) is 2.69. The zero-order chi connectivity index (χ0) is 18.3. The van der Waals surface area contributed by atoms with E-state index in [0.717, 1.165) is 0 Å². The predicted octanol–water partition coefficient (Wildman–Crippen LogP) is 2.33. The van der Waals surface area contributed by atoms with Crippen LogP contribution in [0.25, 0.3) is 0 Å². The maximum absolute atomic E-state index is 12.9. The second kappa shape index (κ2) is 7.26. The molecule has 1 aromatic carbocycles. The molecule has 6 nitrogen and oxygen atoms in total. The second-order valence-corrected chi connectivity index (χ2v) is 7.02. The highest BCUT2D eigenvalue weighted by Gasteiger charge is 2.38. The van der Waals surface area contributed by atoms with E-state index < -0.39 is 13.7 Å². The summed E-state index contributed by atoms with van der Waals surface area (Å²) in [5.74, 6) is -0.453. The van der Waals surface area contributed by atoms with Crippen LogP contribution in [0.5, 0.6) is 11.5 Å². The largest absolute Gasteiger partial charge is 0.489 e. The Labute approximate surface area is 156 Å². The molecule has 1 atom stereocenters. The van der Waals surface area contributed by atoms with Crippen molar-refractivity contribution in [3.05, 3.63) is 21.1 Å². The third-order valence-electron chi connectivity index (χ3n) is 4.30. The number of hydrogen-bond donors (Lipinski definition) is 1. The summed E-state index contributed by atoms with van der Waals surface area (Å²) < 4.78 is 35.4. The van der Waals surface area contributed by atoms with Crippen molar-refractivity contribution in [3.63, 3.8) is 0 Å². The highest BCUT2D eigenvalue weighted by atomic mass is 79.9. The van der Waals surface area contributed by atoms with E-state index >= 15 is 0 Å². The number of halogens is 4. The summed E-state index contributed by atoms with van der Waals surface area (Å²) in [6, 6.07) is 0.931. The van der Waals surface area contributed by atoms with Crippen LogP contribution >= 0.6 is 27.5 Å². The zero-order valence-electron chi connectivity index (χ0n) is 13.2. The van der Waals surface area contributed by atoms with Gasteiger partial charge in [0.15, 0.2) is 5.75 Å². The van der Waals surface area contributed by atoms with Gasteiger partial charge in [0.05, 0.1) is 16.1 Å². The van der Waals surface area contributed by atoms with E-state index in [0.29, 0.717) is 19.6 Å². The van der Waals surface area contributed by atoms with Gasteiger partial charge < -0.3 is 24.2 Å². The highest BCUT2D eigenvalue weighted by Crippen LogP contribution is 2.44. The lowest BCUT2D eigenvalue weighted by molar-refractivity contribution is -0.0504. The molecule has 2 aliphatic heterocycles. The Hall–Kier alpha value is -1.10. The summed E-state index contributed by atoms with van der Waals surface area (Å²) in [5.41, 5.74) is 0.0804. The number of nitrogens with zero attached hydrogens (tertiary/aromatic N) is 2. The number of carbonyl (C=O) groups excluding carboxylic acids is 1. The molecule has 3 rings (SSSR count). The number of hydrogen-bond acceptors (Lipinski definition) is 5. The minimum absolute atomic E-state index is 0.00808. The number of alkyl halides is 2. The van der Waals surface area contributed by atoms with Crippen LogP contribution in [0.15, 0.2) is 10.5 Å². The van der Waals surface area contributed by atoms with Crippen LogP contribution in [0.2, 0.25) is 11.8 Å². The lowest BCUT2D eigenvalue weighted by atomic mass is 9.83. The fraction of sp³-hybridized carbons (Fsp3) is 0.500. The van der Waals surface area contributed by atoms with Crippen LogP contribution in [0, 0.1) is 0 Å². The van der Waals surface area contributed by atoms with Gasteiger partial charge in [-0.2, -0.15) is 8.78 Å². The molecule has 25 heavy (non-hydrogen) atoms. The normalized spacial score (nSPS) is 20.7. The lowest BCUT2D eigenvalue weighted by Gasteiger charge is -2.40. The van der Waals surface area contributed by atoms with Crippen molar-refractivity contribution in [2.75, 3.05) is 26.2 Å². The third kappa shape index (κ3) is 3.58. The van der Waals surface area contributed by atoms with Gasteiger partial charge in [-0.25, -0.2) is 0 Å². The minimum Gasteiger partial charge on any atom is -0.489 e. The zero-order valence-corrected chi connectivity index (χ0v) is 15.6. The Balaban J connectivity index is 1.96. The Morgan fingerprint density at radius 2 is 2.24 bits per heavy atom. The van der Waals surface area contributed by atoms with Gasteiger partial charge in [-0.3, -0.25) is 4.79 Å². The number of ether oxygens (including phenoxy) is 2. The summed E-state index contributed by atoms with van der Waals surface area (Å²) in [6.07, 6.45) is 0. The molecule has 11 heteroatoms. The van der Waals surface area contributed by atoms with Gasteiger partial charge in [0.1, 0.15) is 17.4 Å².